The van der Waals surface area contributed by atoms with Crippen molar-refractivity contribution in [1.29, 1.82) is 0 Å². The van der Waals surface area contributed by atoms with Crippen LogP contribution in [0.1, 0.15) is 11.1 Å². The summed E-state index contributed by atoms with van der Waals surface area (Å²) >= 11 is 0. The SMILES string of the molecule is Cc1c(Nc2ccc(F)cc2)cccc1OCc1ccccc1. The molecular weight excluding hydrogens is 289 g/mol. The van der Waals surface area contributed by atoms with Gasteiger partial charge in [0.15, 0.2) is 0 Å². The van der Waals surface area contributed by atoms with Gasteiger partial charge in [0.1, 0.15) is 18.2 Å². The van der Waals surface area contributed by atoms with E-state index in [1.54, 1.807) is 12.1 Å². The fourth-order valence-corrected chi connectivity index (χ4v) is 2.33. The second kappa shape index (κ2) is 6.97. The van der Waals surface area contributed by atoms with Gasteiger partial charge in [-0.25, -0.2) is 4.39 Å². The van der Waals surface area contributed by atoms with Crippen molar-refractivity contribution >= 4 is 11.4 Å². The fraction of sp³-hybridized carbons (Fsp3) is 0.100. The van der Waals surface area contributed by atoms with E-state index >= 15 is 0 Å². The molecule has 3 rings (SSSR count). The minimum Gasteiger partial charge on any atom is -0.489 e. The quantitative estimate of drug-likeness (QED) is 0.676. The van der Waals surface area contributed by atoms with Gasteiger partial charge in [-0.1, -0.05) is 36.4 Å². The molecule has 1 N–H and O–H groups in total. The van der Waals surface area contributed by atoms with Gasteiger partial charge in [-0.15, -0.1) is 0 Å². The Morgan fingerprint density at radius 2 is 1.61 bits per heavy atom. The van der Waals surface area contributed by atoms with Gasteiger partial charge in [0.25, 0.3) is 0 Å². The van der Waals surface area contributed by atoms with Gasteiger partial charge in [-0.2, -0.15) is 0 Å². The zero-order valence-corrected chi connectivity index (χ0v) is 12.9. The number of benzene rings is 3. The van der Waals surface area contributed by atoms with Crippen molar-refractivity contribution in [3.63, 3.8) is 0 Å². The Hall–Kier alpha value is -2.81. The molecule has 0 fully saturated rings. The van der Waals surface area contributed by atoms with Gasteiger partial charge in [0.2, 0.25) is 0 Å². The van der Waals surface area contributed by atoms with Crippen LogP contribution in [0.15, 0.2) is 72.8 Å². The highest BCUT2D eigenvalue weighted by atomic mass is 19.1. The lowest BCUT2D eigenvalue weighted by Crippen LogP contribution is -1.99. The second-order valence-electron chi connectivity index (χ2n) is 5.33. The summed E-state index contributed by atoms with van der Waals surface area (Å²) in [6.07, 6.45) is 0. The van der Waals surface area contributed by atoms with Crippen molar-refractivity contribution in [3.8, 4) is 5.75 Å². The molecule has 0 amide bonds. The molecule has 116 valence electrons. The highest BCUT2D eigenvalue weighted by Gasteiger charge is 2.06. The first-order valence-electron chi connectivity index (χ1n) is 7.51. The van der Waals surface area contributed by atoms with E-state index in [1.165, 1.54) is 12.1 Å². The standard InChI is InChI=1S/C20H18FNO/c1-15-19(22-18-12-10-17(21)11-13-18)8-5-9-20(15)23-14-16-6-3-2-4-7-16/h2-13,22H,14H2,1H3. The monoisotopic (exact) mass is 307 g/mol. The number of rotatable bonds is 5. The van der Waals surface area contributed by atoms with Crippen LogP contribution in [0.5, 0.6) is 5.75 Å². The van der Waals surface area contributed by atoms with Crippen LogP contribution in [-0.2, 0) is 6.61 Å². The van der Waals surface area contributed by atoms with Crippen molar-refractivity contribution < 1.29 is 9.13 Å². The molecule has 0 aliphatic heterocycles. The molecule has 0 aromatic heterocycles. The number of nitrogens with one attached hydrogen (secondary N) is 1. The predicted molar refractivity (Wildman–Crippen MR) is 91.6 cm³/mol. The van der Waals surface area contributed by atoms with Gasteiger partial charge in [-0.05, 0) is 48.9 Å². The Balaban J connectivity index is 1.74. The summed E-state index contributed by atoms with van der Waals surface area (Å²) in [5.41, 5.74) is 3.94. The maximum Gasteiger partial charge on any atom is 0.124 e. The van der Waals surface area contributed by atoms with Gasteiger partial charge < -0.3 is 10.1 Å². The average molecular weight is 307 g/mol. The molecule has 0 radical (unpaired) electrons. The maximum absolute atomic E-state index is 13.0. The van der Waals surface area contributed by atoms with E-state index < -0.39 is 0 Å². The lowest BCUT2D eigenvalue weighted by Gasteiger charge is -2.14. The summed E-state index contributed by atoms with van der Waals surface area (Å²) in [4.78, 5) is 0. The molecule has 3 aromatic carbocycles. The van der Waals surface area contributed by atoms with Crippen LogP contribution in [0.25, 0.3) is 0 Å². The van der Waals surface area contributed by atoms with E-state index in [9.17, 15) is 4.39 Å². The van der Waals surface area contributed by atoms with E-state index in [-0.39, 0.29) is 5.82 Å². The first-order chi connectivity index (χ1) is 11.2. The molecule has 0 heterocycles. The van der Waals surface area contributed by atoms with Crippen LogP contribution in [0.3, 0.4) is 0 Å². The van der Waals surface area contributed by atoms with Gasteiger partial charge >= 0.3 is 0 Å². The summed E-state index contributed by atoms with van der Waals surface area (Å²) in [7, 11) is 0. The summed E-state index contributed by atoms with van der Waals surface area (Å²) in [5, 5.41) is 3.29. The van der Waals surface area contributed by atoms with Crippen molar-refractivity contribution in [3.05, 3.63) is 89.7 Å². The normalized spacial score (nSPS) is 10.3. The van der Waals surface area contributed by atoms with E-state index in [4.69, 9.17) is 4.74 Å². The van der Waals surface area contributed by atoms with Crippen LogP contribution in [0.4, 0.5) is 15.8 Å². The van der Waals surface area contributed by atoms with E-state index in [2.05, 4.69) is 5.32 Å². The zero-order chi connectivity index (χ0) is 16.1. The average Bonchev–Trinajstić information content (AvgIpc) is 2.58. The maximum atomic E-state index is 13.0. The summed E-state index contributed by atoms with van der Waals surface area (Å²) < 4.78 is 18.9. The highest BCUT2D eigenvalue weighted by Crippen LogP contribution is 2.28. The second-order valence-corrected chi connectivity index (χ2v) is 5.33. The number of ether oxygens (including phenoxy) is 1. The zero-order valence-electron chi connectivity index (χ0n) is 12.9. The Morgan fingerprint density at radius 3 is 2.35 bits per heavy atom. The highest BCUT2D eigenvalue weighted by molar-refractivity contribution is 5.65. The Kier molecular flexibility index (Phi) is 4.57. The lowest BCUT2D eigenvalue weighted by atomic mass is 10.1. The molecule has 2 nitrogen and oxygen atoms in total. The number of halogens is 1. The van der Waals surface area contributed by atoms with Crippen LogP contribution in [-0.4, -0.2) is 0 Å². The number of anilines is 2. The third-order valence-electron chi connectivity index (χ3n) is 3.64. The number of hydrogen-bond acceptors (Lipinski definition) is 2. The minimum absolute atomic E-state index is 0.243. The van der Waals surface area contributed by atoms with Gasteiger partial charge in [0, 0.05) is 16.9 Å². The Bertz CT molecular complexity index is 769. The number of hydrogen-bond donors (Lipinski definition) is 1. The largest absolute Gasteiger partial charge is 0.489 e. The topological polar surface area (TPSA) is 21.3 Å². The molecule has 3 aromatic rings. The smallest absolute Gasteiger partial charge is 0.124 e. The van der Waals surface area contributed by atoms with Crippen LogP contribution < -0.4 is 10.1 Å². The Morgan fingerprint density at radius 1 is 0.870 bits per heavy atom. The van der Waals surface area contributed by atoms with Crippen LogP contribution >= 0.6 is 0 Å². The van der Waals surface area contributed by atoms with Crippen LogP contribution in [0.2, 0.25) is 0 Å². The van der Waals surface area contributed by atoms with Crippen molar-refractivity contribution in [2.45, 2.75) is 13.5 Å². The van der Waals surface area contributed by atoms with Gasteiger partial charge in [0.05, 0.1) is 0 Å². The van der Waals surface area contributed by atoms with Crippen LogP contribution in [0, 0.1) is 12.7 Å². The molecule has 0 saturated carbocycles. The van der Waals surface area contributed by atoms with Crippen molar-refractivity contribution in [1.82, 2.24) is 0 Å². The lowest BCUT2D eigenvalue weighted by molar-refractivity contribution is 0.304. The van der Waals surface area contributed by atoms with Crippen molar-refractivity contribution in [2.75, 3.05) is 5.32 Å². The molecule has 0 unspecified atom stereocenters. The fourth-order valence-electron chi connectivity index (χ4n) is 2.33. The molecule has 0 atom stereocenters. The molecule has 0 bridgehead atoms. The van der Waals surface area contributed by atoms with E-state index in [1.807, 2.05) is 55.5 Å². The summed E-state index contributed by atoms with van der Waals surface area (Å²) in [6, 6.07) is 22.2. The molecule has 0 aliphatic rings. The molecule has 0 aliphatic carbocycles. The summed E-state index contributed by atoms with van der Waals surface area (Å²) in [5.74, 6) is 0.591. The molecule has 3 heteroatoms. The third-order valence-corrected chi connectivity index (χ3v) is 3.64. The minimum atomic E-state index is -0.243. The van der Waals surface area contributed by atoms with E-state index in [0.29, 0.717) is 6.61 Å². The molecule has 0 spiro atoms. The molecular formula is C20H18FNO. The third kappa shape index (κ3) is 3.89. The Labute approximate surface area is 135 Å². The molecule has 0 saturated heterocycles. The first kappa shape index (κ1) is 15.1. The van der Waals surface area contributed by atoms with E-state index in [0.717, 1.165) is 28.3 Å². The summed E-state index contributed by atoms with van der Waals surface area (Å²) in [6.45, 7) is 2.54. The molecule has 23 heavy (non-hydrogen) atoms. The predicted octanol–water partition coefficient (Wildman–Crippen LogP) is 5.46. The van der Waals surface area contributed by atoms with Crippen molar-refractivity contribution in [2.24, 2.45) is 0 Å². The van der Waals surface area contributed by atoms with Gasteiger partial charge in [-0.3, -0.25) is 0 Å². The first-order valence-corrected chi connectivity index (χ1v) is 7.51.